The Morgan fingerprint density at radius 1 is 1.13 bits per heavy atom. The molecule has 0 amide bonds. The molecule has 0 aliphatic carbocycles. The van der Waals surface area contributed by atoms with Gasteiger partial charge in [-0.25, -0.2) is 4.98 Å². The third-order valence-electron chi connectivity index (χ3n) is 2.58. The largest absolute Gasteiger partial charge is 0.357 e. The van der Waals surface area contributed by atoms with Crippen molar-refractivity contribution in [3.63, 3.8) is 0 Å². The summed E-state index contributed by atoms with van der Waals surface area (Å²) in [6.07, 6.45) is 7.13. The normalized spacial score (nSPS) is 14.7. The summed E-state index contributed by atoms with van der Waals surface area (Å²) >= 11 is 0. The molecule has 0 aromatic carbocycles. The molecule has 15 heavy (non-hydrogen) atoms. The Hall–Kier alpha value is -1.05. The standard InChI is InChI=1S/C9H12N2.C4H10/c1-2-6-10-9(5-1)11-7-3-4-8-11;1-3-4-2/h1-2,5-6H,3-4,7-8H2;3-4H2,1-2H3. The fourth-order valence-corrected chi connectivity index (χ4v) is 1.49. The van der Waals surface area contributed by atoms with Crippen LogP contribution in [0.1, 0.15) is 39.5 Å². The van der Waals surface area contributed by atoms with Crippen molar-refractivity contribution in [3.05, 3.63) is 24.4 Å². The van der Waals surface area contributed by atoms with Crippen LogP contribution >= 0.6 is 0 Å². The molecule has 1 aliphatic heterocycles. The highest BCUT2D eigenvalue weighted by Crippen LogP contribution is 2.15. The van der Waals surface area contributed by atoms with Crippen LogP contribution in [0.25, 0.3) is 0 Å². The zero-order valence-corrected chi connectivity index (χ0v) is 9.95. The minimum atomic E-state index is 1.13. The van der Waals surface area contributed by atoms with Crippen LogP contribution in [0.3, 0.4) is 0 Å². The Balaban J connectivity index is 0.000000245. The first-order chi connectivity index (χ1) is 7.38. The molecule has 0 saturated carbocycles. The maximum Gasteiger partial charge on any atom is 0.128 e. The van der Waals surface area contributed by atoms with Gasteiger partial charge in [0.1, 0.15) is 5.82 Å². The van der Waals surface area contributed by atoms with Gasteiger partial charge in [0.25, 0.3) is 0 Å². The fraction of sp³-hybridized carbons (Fsp3) is 0.615. The van der Waals surface area contributed by atoms with E-state index in [4.69, 9.17) is 0 Å². The predicted molar refractivity (Wildman–Crippen MR) is 66.3 cm³/mol. The zero-order valence-electron chi connectivity index (χ0n) is 9.95. The van der Waals surface area contributed by atoms with Gasteiger partial charge in [-0.15, -0.1) is 0 Å². The molecular formula is C13H22N2. The molecule has 0 unspecified atom stereocenters. The molecule has 2 rings (SSSR count). The lowest BCUT2D eigenvalue weighted by Crippen LogP contribution is -2.18. The van der Waals surface area contributed by atoms with Crippen molar-refractivity contribution >= 4 is 5.82 Å². The lowest BCUT2D eigenvalue weighted by Gasteiger charge is -2.14. The van der Waals surface area contributed by atoms with Gasteiger partial charge in [-0.3, -0.25) is 0 Å². The van der Waals surface area contributed by atoms with Gasteiger partial charge in [-0.05, 0) is 25.0 Å². The number of unbranched alkanes of at least 4 members (excludes halogenated alkanes) is 1. The van der Waals surface area contributed by atoms with Crippen LogP contribution in [0.15, 0.2) is 24.4 Å². The summed E-state index contributed by atoms with van der Waals surface area (Å²) in [6, 6.07) is 6.07. The van der Waals surface area contributed by atoms with Crippen molar-refractivity contribution in [1.29, 1.82) is 0 Å². The highest BCUT2D eigenvalue weighted by Gasteiger charge is 2.11. The van der Waals surface area contributed by atoms with Gasteiger partial charge in [0.05, 0.1) is 0 Å². The Bertz CT molecular complexity index is 238. The highest BCUT2D eigenvalue weighted by molar-refractivity contribution is 5.38. The van der Waals surface area contributed by atoms with E-state index in [9.17, 15) is 0 Å². The zero-order chi connectivity index (χ0) is 10.9. The second kappa shape index (κ2) is 7.27. The molecule has 1 aromatic rings. The smallest absolute Gasteiger partial charge is 0.128 e. The minimum Gasteiger partial charge on any atom is -0.357 e. The van der Waals surface area contributed by atoms with E-state index in [0.717, 1.165) is 5.82 Å². The summed E-state index contributed by atoms with van der Waals surface area (Å²) in [5.41, 5.74) is 0. The second-order valence-corrected chi connectivity index (χ2v) is 3.88. The summed E-state index contributed by atoms with van der Waals surface area (Å²) in [5.74, 6) is 1.13. The molecule has 2 nitrogen and oxygen atoms in total. The van der Waals surface area contributed by atoms with Gasteiger partial charge >= 0.3 is 0 Å². The van der Waals surface area contributed by atoms with E-state index >= 15 is 0 Å². The van der Waals surface area contributed by atoms with E-state index in [1.165, 1.54) is 38.8 Å². The van der Waals surface area contributed by atoms with Gasteiger partial charge in [0.15, 0.2) is 0 Å². The van der Waals surface area contributed by atoms with Crippen LogP contribution in [-0.2, 0) is 0 Å². The number of aromatic nitrogens is 1. The van der Waals surface area contributed by atoms with Gasteiger partial charge in [0.2, 0.25) is 0 Å². The summed E-state index contributed by atoms with van der Waals surface area (Å²) in [6.45, 7) is 6.72. The molecule has 0 atom stereocenters. The van der Waals surface area contributed by atoms with E-state index in [2.05, 4.69) is 29.8 Å². The second-order valence-electron chi connectivity index (χ2n) is 3.88. The molecule has 0 spiro atoms. The van der Waals surface area contributed by atoms with Crippen molar-refractivity contribution in [2.75, 3.05) is 18.0 Å². The van der Waals surface area contributed by atoms with Gasteiger partial charge < -0.3 is 4.90 Å². The van der Waals surface area contributed by atoms with E-state index in [1.54, 1.807) is 0 Å². The van der Waals surface area contributed by atoms with Crippen molar-refractivity contribution in [1.82, 2.24) is 4.98 Å². The first-order valence-corrected chi connectivity index (χ1v) is 6.04. The summed E-state index contributed by atoms with van der Waals surface area (Å²) in [4.78, 5) is 6.62. The quantitative estimate of drug-likeness (QED) is 0.736. The fourth-order valence-electron chi connectivity index (χ4n) is 1.49. The molecule has 84 valence electrons. The first-order valence-electron chi connectivity index (χ1n) is 6.04. The van der Waals surface area contributed by atoms with Gasteiger partial charge in [-0.1, -0.05) is 32.8 Å². The highest BCUT2D eigenvalue weighted by atomic mass is 15.2. The monoisotopic (exact) mass is 206 g/mol. The number of pyridine rings is 1. The van der Waals surface area contributed by atoms with Crippen LogP contribution < -0.4 is 4.90 Å². The van der Waals surface area contributed by atoms with E-state index in [0.29, 0.717) is 0 Å². The van der Waals surface area contributed by atoms with E-state index in [-0.39, 0.29) is 0 Å². The third kappa shape index (κ3) is 4.32. The Labute approximate surface area is 93.3 Å². The number of hydrogen-bond donors (Lipinski definition) is 0. The van der Waals surface area contributed by atoms with E-state index < -0.39 is 0 Å². The predicted octanol–water partition coefficient (Wildman–Crippen LogP) is 3.49. The van der Waals surface area contributed by atoms with Crippen molar-refractivity contribution in [3.8, 4) is 0 Å². The average molecular weight is 206 g/mol. The van der Waals surface area contributed by atoms with Crippen LogP contribution in [-0.4, -0.2) is 18.1 Å². The summed E-state index contributed by atoms with van der Waals surface area (Å²) in [5, 5.41) is 0. The number of anilines is 1. The molecule has 0 radical (unpaired) electrons. The first kappa shape index (κ1) is 12.0. The molecule has 1 aliphatic rings. The lowest BCUT2D eigenvalue weighted by molar-refractivity contribution is 0.886. The molecule has 1 fully saturated rings. The molecule has 0 N–H and O–H groups in total. The molecular weight excluding hydrogens is 184 g/mol. The SMILES string of the molecule is CCCC.c1ccc(N2CCCC2)nc1. The van der Waals surface area contributed by atoms with E-state index in [1.807, 2.05) is 18.3 Å². The van der Waals surface area contributed by atoms with Crippen LogP contribution in [0.2, 0.25) is 0 Å². The van der Waals surface area contributed by atoms with Gasteiger partial charge in [0, 0.05) is 19.3 Å². The Morgan fingerprint density at radius 2 is 1.80 bits per heavy atom. The van der Waals surface area contributed by atoms with Gasteiger partial charge in [-0.2, -0.15) is 0 Å². The topological polar surface area (TPSA) is 16.1 Å². The molecule has 1 aromatic heterocycles. The third-order valence-corrected chi connectivity index (χ3v) is 2.58. The van der Waals surface area contributed by atoms with Crippen LogP contribution in [0.5, 0.6) is 0 Å². The van der Waals surface area contributed by atoms with Crippen LogP contribution in [0, 0.1) is 0 Å². The molecule has 2 heterocycles. The number of hydrogen-bond acceptors (Lipinski definition) is 2. The molecule has 0 bridgehead atoms. The summed E-state index contributed by atoms with van der Waals surface area (Å²) < 4.78 is 0. The van der Waals surface area contributed by atoms with Crippen LogP contribution in [0.4, 0.5) is 5.82 Å². The number of rotatable bonds is 2. The number of nitrogens with zero attached hydrogens (tertiary/aromatic N) is 2. The summed E-state index contributed by atoms with van der Waals surface area (Å²) in [7, 11) is 0. The van der Waals surface area contributed by atoms with Crippen molar-refractivity contribution < 1.29 is 0 Å². The van der Waals surface area contributed by atoms with Crippen molar-refractivity contribution in [2.45, 2.75) is 39.5 Å². The Morgan fingerprint density at radius 3 is 2.27 bits per heavy atom. The maximum atomic E-state index is 4.29. The molecule has 2 heteroatoms. The maximum absolute atomic E-state index is 4.29. The Kier molecular flexibility index (Phi) is 5.83. The average Bonchev–Trinajstić information content (AvgIpc) is 2.84. The van der Waals surface area contributed by atoms with Crippen molar-refractivity contribution in [2.24, 2.45) is 0 Å². The molecule has 1 saturated heterocycles. The minimum absolute atomic E-state index is 1.13. The lowest BCUT2D eigenvalue weighted by atomic mass is 10.4.